The van der Waals surface area contributed by atoms with E-state index in [2.05, 4.69) is 25.2 Å². The Balaban J connectivity index is 1.89. The third kappa shape index (κ3) is 3.63. The highest BCUT2D eigenvalue weighted by Crippen LogP contribution is 2.05. The van der Waals surface area contributed by atoms with Crippen molar-refractivity contribution in [2.24, 2.45) is 0 Å². The van der Waals surface area contributed by atoms with Gasteiger partial charge in [0.15, 0.2) is 0 Å². The first-order valence-corrected chi connectivity index (χ1v) is 5.39. The number of nitrogens with one attached hydrogen (secondary N) is 1. The Hall–Kier alpha value is -2.71. The molecule has 0 aliphatic rings. The second-order valence-corrected chi connectivity index (χ2v) is 3.64. The zero-order valence-corrected chi connectivity index (χ0v) is 10.2. The second kappa shape index (κ2) is 5.76. The van der Waals surface area contributed by atoms with Crippen LogP contribution >= 0.6 is 0 Å². The summed E-state index contributed by atoms with van der Waals surface area (Å²) in [6.07, 6.45) is 5.78. The summed E-state index contributed by atoms with van der Waals surface area (Å²) in [6, 6.07) is 0. The van der Waals surface area contributed by atoms with Gasteiger partial charge in [0.25, 0.3) is 0 Å². The van der Waals surface area contributed by atoms with E-state index in [-0.39, 0.29) is 19.0 Å². The molecule has 2 aromatic rings. The number of amides is 1. The van der Waals surface area contributed by atoms with Crippen LogP contribution in [-0.2, 0) is 27.4 Å². The Kier molecular flexibility index (Phi) is 3.86. The fourth-order valence-corrected chi connectivity index (χ4v) is 1.37. The molecule has 0 aliphatic carbocycles. The topological polar surface area (TPSA) is 104 Å². The summed E-state index contributed by atoms with van der Waals surface area (Å²) in [7, 11) is 1.30. The van der Waals surface area contributed by atoms with Gasteiger partial charge in [-0.1, -0.05) is 0 Å². The second-order valence-electron chi connectivity index (χ2n) is 3.64. The lowest BCUT2D eigenvalue weighted by molar-refractivity contribution is -0.141. The molecular formula is C10H12N6O3. The van der Waals surface area contributed by atoms with E-state index in [1.165, 1.54) is 41.5 Å². The minimum atomic E-state index is -0.413. The summed E-state index contributed by atoms with van der Waals surface area (Å²) >= 11 is 0. The molecule has 0 aliphatic heterocycles. The Labute approximate surface area is 108 Å². The van der Waals surface area contributed by atoms with Crippen molar-refractivity contribution in [1.82, 2.24) is 24.5 Å². The smallest absolute Gasteiger partial charge is 0.327 e. The minimum Gasteiger partial charge on any atom is -0.468 e. The molecule has 9 nitrogen and oxygen atoms in total. The van der Waals surface area contributed by atoms with Gasteiger partial charge >= 0.3 is 5.97 Å². The van der Waals surface area contributed by atoms with Crippen molar-refractivity contribution in [1.29, 1.82) is 0 Å². The Morgan fingerprint density at radius 3 is 2.84 bits per heavy atom. The molecule has 0 atom stereocenters. The molecule has 0 bridgehead atoms. The number of carbonyl (C=O) groups excluding carboxylic acids is 2. The highest BCUT2D eigenvalue weighted by Gasteiger charge is 2.07. The van der Waals surface area contributed by atoms with E-state index in [9.17, 15) is 9.59 Å². The number of esters is 1. The van der Waals surface area contributed by atoms with Crippen LogP contribution in [0.15, 0.2) is 25.0 Å². The molecule has 0 fully saturated rings. The van der Waals surface area contributed by atoms with Gasteiger partial charge < -0.3 is 10.1 Å². The monoisotopic (exact) mass is 264 g/mol. The number of ether oxygens (including phenoxy) is 1. The van der Waals surface area contributed by atoms with Gasteiger partial charge in [-0.2, -0.15) is 10.2 Å². The number of nitrogens with zero attached hydrogens (tertiary/aromatic N) is 5. The Bertz CT molecular complexity index is 562. The molecule has 0 aromatic carbocycles. The summed E-state index contributed by atoms with van der Waals surface area (Å²) in [5, 5.41) is 10.4. The summed E-state index contributed by atoms with van der Waals surface area (Å²) in [6.45, 7) is 0.0532. The first-order chi connectivity index (χ1) is 9.17. The summed E-state index contributed by atoms with van der Waals surface area (Å²) in [5.74, 6) is -0.674. The predicted octanol–water partition coefficient (Wildman–Crippen LogP) is -0.714. The Morgan fingerprint density at radius 2 is 2.16 bits per heavy atom. The maximum atomic E-state index is 11.6. The lowest BCUT2D eigenvalue weighted by Crippen LogP contribution is -2.18. The minimum absolute atomic E-state index is 0.00452. The quantitative estimate of drug-likeness (QED) is 0.715. The van der Waals surface area contributed by atoms with Gasteiger partial charge in [0.2, 0.25) is 5.91 Å². The van der Waals surface area contributed by atoms with Gasteiger partial charge in [-0.25, -0.2) is 9.67 Å². The largest absolute Gasteiger partial charge is 0.468 e. The molecule has 0 unspecified atom stereocenters. The molecule has 9 heteroatoms. The van der Waals surface area contributed by atoms with Gasteiger partial charge in [-0.15, -0.1) is 0 Å². The van der Waals surface area contributed by atoms with E-state index in [1.54, 1.807) is 0 Å². The number of hydrogen-bond acceptors (Lipinski definition) is 6. The van der Waals surface area contributed by atoms with E-state index in [4.69, 9.17) is 0 Å². The molecule has 100 valence electrons. The van der Waals surface area contributed by atoms with Gasteiger partial charge in [0, 0.05) is 6.20 Å². The van der Waals surface area contributed by atoms with Crippen LogP contribution in [0.25, 0.3) is 0 Å². The van der Waals surface area contributed by atoms with Gasteiger partial charge in [-0.3, -0.25) is 14.3 Å². The van der Waals surface area contributed by atoms with Crippen molar-refractivity contribution in [3.05, 3.63) is 25.0 Å². The lowest BCUT2D eigenvalue weighted by Gasteiger charge is -2.01. The molecule has 2 rings (SSSR count). The van der Waals surface area contributed by atoms with Crippen LogP contribution < -0.4 is 5.32 Å². The fraction of sp³-hybridized carbons (Fsp3) is 0.300. The van der Waals surface area contributed by atoms with Crippen LogP contribution in [0.2, 0.25) is 0 Å². The highest BCUT2D eigenvalue weighted by molar-refractivity contribution is 5.90. The average molecular weight is 264 g/mol. The van der Waals surface area contributed by atoms with Gasteiger partial charge in [0.05, 0.1) is 19.0 Å². The third-order valence-electron chi connectivity index (χ3n) is 2.21. The van der Waals surface area contributed by atoms with E-state index in [0.29, 0.717) is 5.69 Å². The fourth-order valence-electron chi connectivity index (χ4n) is 1.37. The molecule has 0 saturated carbocycles. The van der Waals surface area contributed by atoms with Crippen molar-refractivity contribution in [3.8, 4) is 0 Å². The van der Waals surface area contributed by atoms with Gasteiger partial charge in [-0.05, 0) is 0 Å². The van der Waals surface area contributed by atoms with Crippen molar-refractivity contribution < 1.29 is 14.3 Å². The summed E-state index contributed by atoms with van der Waals surface area (Å²) in [5.41, 5.74) is 0.494. The molecule has 1 N–H and O–H groups in total. The highest BCUT2D eigenvalue weighted by atomic mass is 16.5. The predicted molar refractivity (Wildman–Crippen MR) is 62.9 cm³/mol. The van der Waals surface area contributed by atoms with E-state index >= 15 is 0 Å². The van der Waals surface area contributed by atoms with Crippen molar-refractivity contribution in [3.63, 3.8) is 0 Å². The number of hydrogen-bond donors (Lipinski definition) is 1. The molecule has 0 radical (unpaired) electrons. The standard InChI is InChI=1S/C10H12N6O3/c1-19-10(18)5-15-3-8(2-12-15)14-9(17)4-16-7-11-6-13-16/h2-3,6-7H,4-5H2,1H3,(H,14,17). The maximum Gasteiger partial charge on any atom is 0.327 e. The summed E-state index contributed by atoms with van der Waals surface area (Å²) in [4.78, 5) is 26.4. The van der Waals surface area contributed by atoms with E-state index < -0.39 is 5.97 Å². The Morgan fingerprint density at radius 1 is 1.32 bits per heavy atom. The number of aromatic nitrogens is 5. The van der Waals surface area contributed by atoms with E-state index in [1.807, 2.05) is 0 Å². The first kappa shape index (κ1) is 12.7. The SMILES string of the molecule is COC(=O)Cn1cc(NC(=O)Cn2cncn2)cn1. The van der Waals surface area contributed by atoms with Crippen molar-refractivity contribution >= 4 is 17.6 Å². The van der Waals surface area contributed by atoms with Crippen molar-refractivity contribution in [2.45, 2.75) is 13.1 Å². The van der Waals surface area contributed by atoms with Gasteiger partial charge in [0.1, 0.15) is 25.7 Å². The number of rotatable bonds is 5. The molecule has 1 amide bonds. The van der Waals surface area contributed by atoms with E-state index in [0.717, 1.165) is 0 Å². The molecule has 19 heavy (non-hydrogen) atoms. The average Bonchev–Trinajstić information content (AvgIpc) is 3.01. The van der Waals surface area contributed by atoms with Crippen LogP contribution in [0, 0.1) is 0 Å². The maximum absolute atomic E-state index is 11.6. The molecule has 0 spiro atoms. The van der Waals surface area contributed by atoms with Crippen LogP contribution in [0.1, 0.15) is 0 Å². The molecule has 2 aromatic heterocycles. The number of anilines is 1. The molecule has 2 heterocycles. The zero-order valence-electron chi connectivity index (χ0n) is 10.2. The molecular weight excluding hydrogens is 252 g/mol. The van der Waals surface area contributed by atoms with Crippen LogP contribution in [-0.4, -0.2) is 43.5 Å². The van der Waals surface area contributed by atoms with Crippen molar-refractivity contribution in [2.75, 3.05) is 12.4 Å². The number of methoxy groups -OCH3 is 1. The summed E-state index contributed by atoms with van der Waals surface area (Å²) < 4.78 is 7.28. The lowest BCUT2D eigenvalue weighted by atomic mass is 10.5. The third-order valence-corrected chi connectivity index (χ3v) is 2.21. The molecule has 0 saturated heterocycles. The van der Waals surface area contributed by atoms with Crippen LogP contribution in [0.5, 0.6) is 0 Å². The first-order valence-electron chi connectivity index (χ1n) is 5.39. The van der Waals surface area contributed by atoms with Crippen LogP contribution in [0.3, 0.4) is 0 Å². The number of carbonyl (C=O) groups is 2. The normalized spacial score (nSPS) is 10.2. The van der Waals surface area contributed by atoms with Crippen LogP contribution in [0.4, 0.5) is 5.69 Å². The zero-order chi connectivity index (χ0) is 13.7.